The minimum atomic E-state index is -2.77. The molecule has 92 valence electrons. The first kappa shape index (κ1) is 12.0. The van der Waals surface area contributed by atoms with Gasteiger partial charge in [-0.2, -0.15) is 0 Å². The van der Waals surface area contributed by atoms with Crippen LogP contribution in [0.25, 0.3) is 0 Å². The highest BCUT2D eigenvalue weighted by molar-refractivity contribution is 5.82. The summed E-state index contributed by atoms with van der Waals surface area (Å²) in [6.07, 6.45) is -0.423. The van der Waals surface area contributed by atoms with Crippen LogP contribution in [0.1, 0.15) is 12.0 Å². The summed E-state index contributed by atoms with van der Waals surface area (Å²) < 4.78 is 25.8. The Bertz CT molecular complexity index is 395. The van der Waals surface area contributed by atoms with Crippen molar-refractivity contribution in [3.8, 4) is 0 Å². The zero-order valence-electron chi connectivity index (χ0n) is 9.25. The summed E-state index contributed by atoms with van der Waals surface area (Å²) in [5, 5.41) is 5.16. The highest BCUT2D eigenvalue weighted by atomic mass is 19.3. The van der Waals surface area contributed by atoms with E-state index >= 15 is 0 Å². The van der Waals surface area contributed by atoms with Crippen molar-refractivity contribution in [2.24, 2.45) is 0 Å². The molecule has 1 aliphatic heterocycles. The number of rotatable bonds is 3. The van der Waals surface area contributed by atoms with Gasteiger partial charge < -0.3 is 5.32 Å². The summed E-state index contributed by atoms with van der Waals surface area (Å²) in [6, 6.07) is 8.57. The van der Waals surface area contributed by atoms with Gasteiger partial charge in [-0.1, -0.05) is 30.3 Å². The number of carbonyl (C=O) groups excluding carboxylic acids is 1. The molecule has 17 heavy (non-hydrogen) atoms. The highest BCUT2D eigenvalue weighted by Gasteiger charge is 2.42. The summed E-state index contributed by atoms with van der Waals surface area (Å²) in [5.41, 5.74) is 0.950. The first-order valence-corrected chi connectivity index (χ1v) is 5.50. The number of hydrogen-bond donors (Lipinski definition) is 2. The Labute approximate surface area is 98.2 Å². The fraction of sp³-hybridized carbons (Fsp3) is 0.417. The molecule has 1 fully saturated rings. The molecule has 1 aromatic rings. The third-order valence-corrected chi connectivity index (χ3v) is 2.74. The van der Waals surface area contributed by atoms with Crippen LogP contribution in [0.4, 0.5) is 8.78 Å². The first-order chi connectivity index (χ1) is 8.07. The molecule has 3 nitrogen and oxygen atoms in total. The van der Waals surface area contributed by atoms with Gasteiger partial charge in [0.05, 0.1) is 12.6 Å². The van der Waals surface area contributed by atoms with Crippen LogP contribution in [-0.4, -0.2) is 24.4 Å². The van der Waals surface area contributed by atoms with Crippen molar-refractivity contribution in [3.05, 3.63) is 35.9 Å². The predicted octanol–water partition coefficient (Wildman–Crippen LogP) is 1.30. The molecule has 1 aromatic carbocycles. The summed E-state index contributed by atoms with van der Waals surface area (Å²) in [7, 11) is 0. The molecule has 1 amide bonds. The summed E-state index contributed by atoms with van der Waals surface area (Å²) in [5.74, 6) is -3.14. The molecule has 0 saturated carbocycles. The van der Waals surface area contributed by atoms with Crippen LogP contribution in [0.2, 0.25) is 0 Å². The van der Waals surface area contributed by atoms with Crippen molar-refractivity contribution in [3.63, 3.8) is 0 Å². The molecule has 1 heterocycles. The van der Waals surface area contributed by atoms with Gasteiger partial charge in [0, 0.05) is 13.0 Å². The predicted molar refractivity (Wildman–Crippen MR) is 59.6 cm³/mol. The molecule has 0 aliphatic carbocycles. The average molecular weight is 240 g/mol. The Hall–Kier alpha value is -1.49. The van der Waals surface area contributed by atoms with Crippen molar-refractivity contribution < 1.29 is 13.6 Å². The quantitative estimate of drug-likeness (QED) is 0.836. The minimum Gasteiger partial charge on any atom is -0.351 e. The van der Waals surface area contributed by atoms with Crippen LogP contribution in [0, 0.1) is 0 Å². The van der Waals surface area contributed by atoms with E-state index in [1.165, 1.54) is 0 Å². The molecule has 5 heteroatoms. The van der Waals surface area contributed by atoms with Gasteiger partial charge in [-0.05, 0) is 5.56 Å². The van der Waals surface area contributed by atoms with Gasteiger partial charge >= 0.3 is 0 Å². The zero-order valence-corrected chi connectivity index (χ0v) is 9.25. The number of amides is 1. The normalized spacial score (nSPS) is 22.4. The summed E-state index contributed by atoms with van der Waals surface area (Å²) in [4.78, 5) is 11.6. The van der Waals surface area contributed by atoms with Gasteiger partial charge in [0.25, 0.3) is 5.92 Å². The molecule has 1 saturated heterocycles. The maximum atomic E-state index is 12.9. The minimum absolute atomic E-state index is 0.365. The van der Waals surface area contributed by atoms with Crippen molar-refractivity contribution in [2.75, 3.05) is 6.54 Å². The maximum absolute atomic E-state index is 12.9. The second-order valence-corrected chi connectivity index (χ2v) is 4.20. The lowest BCUT2D eigenvalue weighted by Gasteiger charge is -2.11. The lowest BCUT2D eigenvalue weighted by molar-refractivity contribution is -0.123. The van der Waals surface area contributed by atoms with Crippen molar-refractivity contribution in [1.29, 1.82) is 0 Å². The van der Waals surface area contributed by atoms with Crippen LogP contribution < -0.4 is 10.6 Å². The molecule has 0 spiro atoms. The van der Waals surface area contributed by atoms with E-state index in [2.05, 4.69) is 10.6 Å². The molecular formula is C12H14F2N2O. The molecule has 0 unspecified atom stereocenters. The maximum Gasteiger partial charge on any atom is 0.262 e. The van der Waals surface area contributed by atoms with Crippen molar-refractivity contribution >= 4 is 5.91 Å². The van der Waals surface area contributed by atoms with Crippen LogP contribution in [-0.2, 0) is 11.3 Å². The monoisotopic (exact) mass is 240 g/mol. The van der Waals surface area contributed by atoms with Crippen molar-refractivity contribution in [2.45, 2.75) is 24.9 Å². The molecule has 2 N–H and O–H groups in total. The SMILES string of the molecule is O=C(NCc1ccccc1)[C@@H]1CC(F)(F)CN1. The molecule has 1 aliphatic rings. The van der Waals surface area contributed by atoms with E-state index in [0.29, 0.717) is 6.54 Å². The average Bonchev–Trinajstić information content (AvgIpc) is 2.68. The largest absolute Gasteiger partial charge is 0.351 e. The second kappa shape index (κ2) is 4.79. The van der Waals surface area contributed by atoms with Crippen LogP contribution in [0.3, 0.4) is 0 Å². The smallest absolute Gasteiger partial charge is 0.262 e. The lowest BCUT2D eigenvalue weighted by Crippen LogP contribution is -2.39. The van der Waals surface area contributed by atoms with E-state index in [-0.39, 0.29) is 5.91 Å². The Morgan fingerprint density at radius 3 is 2.71 bits per heavy atom. The Morgan fingerprint density at radius 1 is 1.41 bits per heavy atom. The van der Waals surface area contributed by atoms with Gasteiger partial charge in [0.2, 0.25) is 5.91 Å². The van der Waals surface area contributed by atoms with Crippen molar-refractivity contribution in [1.82, 2.24) is 10.6 Å². The molecule has 0 aromatic heterocycles. The van der Waals surface area contributed by atoms with E-state index in [4.69, 9.17) is 0 Å². The van der Waals surface area contributed by atoms with E-state index in [1.807, 2.05) is 30.3 Å². The van der Waals surface area contributed by atoms with E-state index < -0.39 is 24.9 Å². The number of carbonyl (C=O) groups is 1. The van der Waals surface area contributed by atoms with Crippen LogP contribution in [0.15, 0.2) is 30.3 Å². The van der Waals surface area contributed by atoms with E-state index in [1.54, 1.807) is 0 Å². The molecule has 0 radical (unpaired) electrons. The number of alkyl halides is 2. The zero-order chi connectivity index (χ0) is 12.3. The van der Waals surface area contributed by atoms with E-state index in [9.17, 15) is 13.6 Å². The number of halogens is 2. The van der Waals surface area contributed by atoms with Gasteiger partial charge in [0.1, 0.15) is 0 Å². The third-order valence-electron chi connectivity index (χ3n) is 2.74. The molecule has 0 bridgehead atoms. The fourth-order valence-electron chi connectivity index (χ4n) is 1.81. The number of nitrogens with one attached hydrogen (secondary N) is 2. The van der Waals surface area contributed by atoms with Gasteiger partial charge in [-0.15, -0.1) is 0 Å². The van der Waals surface area contributed by atoms with Crippen LogP contribution >= 0.6 is 0 Å². The topological polar surface area (TPSA) is 41.1 Å². The second-order valence-electron chi connectivity index (χ2n) is 4.20. The number of benzene rings is 1. The number of hydrogen-bond acceptors (Lipinski definition) is 2. The highest BCUT2D eigenvalue weighted by Crippen LogP contribution is 2.25. The van der Waals surface area contributed by atoms with E-state index in [0.717, 1.165) is 5.56 Å². The van der Waals surface area contributed by atoms with Crippen LogP contribution in [0.5, 0.6) is 0 Å². The fourth-order valence-corrected chi connectivity index (χ4v) is 1.81. The first-order valence-electron chi connectivity index (χ1n) is 5.50. The molecular weight excluding hydrogens is 226 g/mol. The molecule has 1 atom stereocenters. The lowest BCUT2D eigenvalue weighted by atomic mass is 10.1. The Kier molecular flexibility index (Phi) is 3.38. The Balaban J connectivity index is 1.83. The third kappa shape index (κ3) is 3.23. The molecule has 2 rings (SSSR count). The van der Waals surface area contributed by atoms with Gasteiger partial charge in [0.15, 0.2) is 0 Å². The summed E-state index contributed by atoms with van der Waals surface area (Å²) in [6.45, 7) is -0.0557. The van der Waals surface area contributed by atoms with Gasteiger partial charge in [-0.25, -0.2) is 8.78 Å². The summed E-state index contributed by atoms with van der Waals surface area (Å²) >= 11 is 0. The standard InChI is InChI=1S/C12H14F2N2O/c13-12(14)6-10(16-8-12)11(17)15-7-9-4-2-1-3-5-9/h1-5,10,16H,6-8H2,(H,15,17)/t10-/m0/s1. The Morgan fingerprint density at radius 2 is 2.12 bits per heavy atom. The van der Waals surface area contributed by atoms with Gasteiger partial charge in [-0.3, -0.25) is 10.1 Å².